The van der Waals surface area contributed by atoms with Crippen molar-refractivity contribution >= 4 is 29.0 Å². The normalized spacial score (nSPS) is 15.3. The maximum atomic E-state index is 13.5. The number of amides is 3. The highest BCUT2D eigenvalue weighted by molar-refractivity contribution is 6.23. The number of rotatable bonds is 5. The first-order valence-corrected chi connectivity index (χ1v) is 10.7. The smallest absolute Gasteiger partial charge is 0.355 e. The zero-order valence-corrected chi connectivity index (χ0v) is 18.9. The van der Waals surface area contributed by atoms with Gasteiger partial charge in [0.25, 0.3) is 5.91 Å². The van der Waals surface area contributed by atoms with Gasteiger partial charge in [0.1, 0.15) is 5.54 Å². The predicted octanol–water partition coefficient (Wildman–Crippen LogP) is 6.07. The lowest BCUT2D eigenvalue weighted by molar-refractivity contribution is -0.137. The van der Waals surface area contributed by atoms with Gasteiger partial charge in [-0.1, -0.05) is 36.4 Å². The number of hydrogen-bond donors (Lipinski definition) is 1. The molecule has 0 spiro atoms. The van der Waals surface area contributed by atoms with Gasteiger partial charge in [-0.15, -0.1) is 0 Å². The zero-order chi connectivity index (χ0) is 25.4. The second kappa shape index (κ2) is 8.80. The Balaban J connectivity index is 1.68. The van der Waals surface area contributed by atoms with Gasteiger partial charge in [0, 0.05) is 11.4 Å². The number of carbonyl (C=O) groups is 2. The van der Waals surface area contributed by atoms with Crippen molar-refractivity contribution in [2.45, 2.75) is 32.1 Å². The number of nitrogens with one attached hydrogen (secondary N) is 1. The number of anilines is 3. The van der Waals surface area contributed by atoms with Crippen molar-refractivity contribution in [3.05, 3.63) is 89.5 Å². The maximum Gasteiger partial charge on any atom is 0.417 e. The molecule has 1 aliphatic heterocycles. The van der Waals surface area contributed by atoms with Crippen molar-refractivity contribution in [2.24, 2.45) is 0 Å². The fraction of sp³-hybridized carbons (Fsp3) is 0.192. The summed E-state index contributed by atoms with van der Waals surface area (Å²) in [4.78, 5) is 28.7. The number of hydrogen-bond acceptors (Lipinski definition) is 4. The van der Waals surface area contributed by atoms with Crippen LogP contribution in [0.15, 0.2) is 72.8 Å². The van der Waals surface area contributed by atoms with E-state index in [1.807, 2.05) is 48.5 Å². The fourth-order valence-electron chi connectivity index (χ4n) is 3.96. The number of nitriles is 1. The number of benzene rings is 3. The summed E-state index contributed by atoms with van der Waals surface area (Å²) in [6.45, 7) is 3.15. The highest BCUT2D eigenvalue weighted by Gasteiger charge is 2.52. The summed E-state index contributed by atoms with van der Waals surface area (Å²) in [5.74, 6) is -0.658. The van der Waals surface area contributed by atoms with E-state index in [1.54, 1.807) is 19.9 Å². The second-order valence-electron chi connectivity index (χ2n) is 8.56. The molecule has 0 atom stereocenters. The van der Waals surface area contributed by atoms with Gasteiger partial charge in [-0.3, -0.25) is 4.79 Å². The number of carbonyl (C=O) groups excluding carboxylic acids is 2. The van der Waals surface area contributed by atoms with E-state index in [2.05, 4.69) is 5.32 Å². The van der Waals surface area contributed by atoms with Gasteiger partial charge in [-0.2, -0.15) is 18.4 Å². The zero-order valence-electron chi connectivity index (χ0n) is 18.9. The third kappa shape index (κ3) is 4.43. The minimum absolute atomic E-state index is 0.0481. The Morgan fingerprint density at radius 2 is 1.63 bits per heavy atom. The van der Waals surface area contributed by atoms with Crippen molar-refractivity contribution in [3.63, 3.8) is 0 Å². The molecule has 3 aromatic rings. The standard InChI is InChI=1S/C26H21F3N4O2/c1-25(2)23(34)33(20-13-12-17(15-30)21(14-20)26(27,28)29)24(35)32(25)16-18-8-6-7-11-22(18)31-19-9-4-3-5-10-19/h3-14,31H,16H2,1-2H3. The van der Waals surface area contributed by atoms with E-state index < -0.39 is 34.8 Å². The van der Waals surface area contributed by atoms with Crippen molar-refractivity contribution in [3.8, 4) is 6.07 Å². The van der Waals surface area contributed by atoms with Crippen LogP contribution in [0.25, 0.3) is 0 Å². The molecule has 4 rings (SSSR count). The number of urea groups is 1. The number of halogens is 3. The average molecular weight is 478 g/mol. The van der Waals surface area contributed by atoms with Crippen molar-refractivity contribution < 1.29 is 22.8 Å². The van der Waals surface area contributed by atoms with Gasteiger partial charge < -0.3 is 10.2 Å². The van der Waals surface area contributed by atoms with Crippen LogP contribution in [0, 0.1) is 11.3 Å². The molecular weight excluding hydrogens is 457 g/mol. The minimum atomic E-state index is -4.82. The quantitative estimate of drug-likeness (QED) is 0.452. The molecule has 0 aromatic heterocycles. The van der Waals surface area contributed by atoms with Crippen molar-refractivity contribution in [2.75, 3.05) is 10.2 Å². The minimum Gasteiger partial charge on any atom is -0.355 e. The summed E-state index contributed by atoms with van der Waals surface area (Å²) < 4.78 is 40.4. The molecule has 1 aliphatic rings. The molecule has 9 heteroatoms. The summed E-state index contributed by atoms with van der Waals surface area (Å²) >= 11 is 0. The Morgan fingerprint density at radius 3 is 2.29 bits per heavy atom. The fourth-order valence-corrected chi connectivity index (χ4v) is 3.96. The number of para-hydroxylation sites is 2. The van der Waals surface area contributed by atoms with Gasteiger partial charge in [-0.05, 0) is 55.8 Å². The monoisotopic (exact) mass is 478 g/mol. The molecule has 6 nitrogen and oxygen atoms in total. The van der Waals surface area contributed by atoms with E-state index in [0.29, 0.717) is 6.07 Å². The number of imide groups is 1. The lowest BCUT2D eigenvalue weighted by atomic mass is 10.0. The van der Waals surface area contributed by atoms with E-state index in [-0.39, 0.29) is 12.2 Å². The number of nitrogens with zero attached hydrogens (tertiary/aromatic N) is 3. The largest absolute Gasteiger partial charge is 0.417 e. The van der Waals surface area contributed by atoms with Crippen molar-refractivity contribution in [1.29, 1.82) is 5.26 Å². The molecule has 1 saturated heterocycles. The molecule has 0 bridgehead atoms. The van der Waals surface area contributed by atoms with Gasteiger partial charge in [0.2, 0.25) is 0 Å². The molecule has 178 valence electrons. The first-order valence-electron chi connectivity index (χ1n) is 10.7. The van der Waals surface area contributed by atoms with E-state index in [0.717, 1.165) is 27.9 Å². The Bertz CT molecular complexity index is 1330. The first kappa shape index (κ1) is 23.8. The highest BCUT2D eigenvalue weighted by Crippen LogP contribution is 2.38. The SMILES string of the molecule is CC1(C)C(=O)N(c2ccc(C#N)c(C(F)(F)F)c2)C(=O)N1Cc1ccccc1Nc1ccccc1. The van der Waals surface area contributed by atoms with Crippen molar-refractivity contribution in [1.82, 2.24) is 4.90 Å². The summed E-state index contributed by atoms with van der Waals surface area (Å²) in [6.07, 6.45) is -4.82. The third-order valence-corrected chi connectivity index (χ3v) is 5.91. The molecule has 0 saturated carbocycles. The van der Waals surface area contributed by atoms with Crippen LogP contribution in [-0.4, -0.2) is 22.4 Å². The summed E-state index contributed by atoms with van der Waals surface area (Å²) in [5, 5.41) is 12.3. The molecule has 1 heterocycles. The van der Waals surface area contributed by atoms with Crippen LogP contribution in [0.4, 0.5) is 35.0 Å². The van der Waals surface area contributed by atoms with Gasteiger partial charge in [0.05, 0.1) is 29.4 Å². The molecule has 1 fully saturated rings. The van der Waals surface area contributed by atoms with E-state index in [9.17, 15) is 22.8 Å². The average Bonchev–Trinajstić information content (AvgIpc) is 2.99. The summed E-state index contributed by atoms with van der Waals surface area (Å²) in [7, 11) is 0. The lowest BCUT2D eigenvalue weighted by Gasteiger charge is -2.28. The van der Waals surface area contributed by atoms with Crippen LogP contribution in [0.1, 0.15) is 30.5 Å². The highest BCUT2D eigenvalue weighted by atomic mass is 19.4. The molecule has 0 radical (unpaired) electrons. The molecule has 3 aromatic carbocycles. The maximum absolute atomic E-state index is 13.5. The molecule has 1 N–H and O–H groups in total. The predicted molar refractivity (Wildman–Crippen MR) is 125 cm³/mol. The van der Waals surface area contributed by atoms with Gasteiger partial charge in [0.15, 0.2) is 0 Å². The summed E-state index contributed by atoms with van der Waals surface area (Å²) in [5.41, 5.74) is -1.05. The third-order valence-electron chi connectivity index (χ3n) is 5.91. The Hall–Kier alpha value is -4.32. The van der Waals surface area contributed by atoms with Crippen LogP contribution in [0.3, 0.4) is 0 Å². The van der Waals surface area contributed by atoms with Gasteiger partial charge >= 0.3 is 12.2 Å². The van der Waals surface area contributed by atoms with Crippen LogP contribution in [-0.2, 0) is 17.5 Å². The molecule has 35 heavy (non-hydrogen) atoms. The van der Waals surface area contributed by atoms with E-state index >= 15 is 0 Å². The lowest BCUT2D eigenvalue weighted by Crippen LogP contribution is -2.43. The topological polar surface area (TPSA) is 76.4 Å². The van der Waals surface area contributed by atoms with Gasteiger partial charge in [-0.25, -0.2) is 9.69 Å². The Kier molecular flexibility index (Phi) is 5.99. The van der Waals surface area contributed by atoms with Crippen LogP contribution in [0.5, 0.6) is 0 Å². The van der Waals surface area contributed by atoms with E-state index in [4.69, 9.17) is 5.26 Å². The van der Waals surface area contributed by atoms with Crippen LogP contribution in [0.2, 0.25) is 0 Å². The molecule has 0 unspecified atom stereocenters. The summed E-state index contributed by atoms with van der Waals surface area (Å²) in [6, 6.07) is 20.3. The Labute approximate surface area is 200 Å². The molecular formula is C26H21F3N4O2. The molecule has 3 amide bonds. The molecule has 0 aliphatic carbocycles. The van der Waals surface area contributed by atoms with Crippen LogP contribution < -0.4 is 10.2 Å². The number of alkyl halides is 3. The van der Waals surface area contributed by atoms with Crippen LogP contribution >= 0.6 is 0 Å². The second-order valence-corrected chi connectivity index (χ2v) is 8.56. The first-order chi connectivity index (χ1) is 16.5. The van der Waals surface area contributed by atoms with E-state index in [1.165, 1.54) is 17.0 Å². The Morgan fingerprint density at radius 1 is 0.971 bits per heavy atom.